The van der Waals surface area contributed by atoms with Gasteiger partial charge >= 0.3 is 0 Å². The number of aromatic nitrogens is 1. The second-order valence-corrected chi connectivity index (χ2v) is 11.7. The van der Waals surface area contributed by atoms with Gasteiger partial charge in [-0.05, 0) is 76.9 Å². The van der Waals surface area contributed by atoms with E-state index in [4.69, 9.17) is 8.83 Å². The first-order chi connectivity index (χ1) is 22.3. The minimum absolute atomic E-state index is 0.822. The second-order valence-electron chi connectivity index (χ2n) is 11.7. The van der Waals surface area contributed by atoms with Gasteiger partial charge in [-0.2, -0.15) is 0 Å². The first-order valence-corrected chi connectivity index (χ1v) is 15.3. The lowest BCUT2D eigenvalue weighted by Crippen LogP contribution is -1.94. The van der Waals surface area contributed by atoms with Crippen molar-refractivity contribution in [2.24, 2.45) is 0 Å². The maximum absolute atomic E-state index is 6.54. The summed E-state index contributed by atoms with van der Waals surface area (Å²) in [4.78, 5) is 0. The fourth-order valence-electron chi connectivity index (χ4n) is 7.16. The van der Waals surface area contributed by atoms with Crippen molar-refractivity contribution >= 4 is 65.7 Å². The van der Waals surface area contributed by atoms with Crippen LogP contribution in [0.1, 0.15) is 0 Å². The highest BCUT2D eigenvalue weighted by atomic mass is 16.3. The molecule has 3 aromatic heterocycles. The predicted molar refractivity (Wildman–Crippen MR) is 186 cm³/mol. The molecule has 3 heterocycles. The van der Waals surface area contributed by atoms with E-state index < -0.39 is 0 Å². The van der Waals surface area contributed by atoms with Crippen LogP contribution in [0.5, 0.6) is 0 Å². The van der Waals surface area contributed by atoms with Crippen molar-refractivity contribution in [3.05, 3.63) is 152 Å². The number of benzene rings is 7. The fourth-order valence-corrected chi connectivity index (χ4v) is 7.16. The Labute approximate surface area is 258 Å². The Morgan fingerprint density at radius 2 is 0.956 bits per heavy atom. The molecule has 0 N–H and O–H groups in total. The monoisotopic (exact) mass is 575 g/mol. The molecule has 0 fully saturated rings. The van der Waals surface area contributed by atoms with Crippen molar-refractivity contribution < 1.29 is 8.83 Å². The van der Waals surface area contributed by atoms with Crippen LogP contribution in [0.3, 0.4) is 0 Å². The molecule has 3 heteroatoms. The molecule has 10 rings (SSSR count). The van der Waals surface area contributed by atoms with Crippen LogP contribution in [-0.4, -0.2) is 4.57 Å². The molecule has 10 aromatic rings. The van der Waals surface area contributed by atoms with Crippen LogP contribution in [0.15, 0.2) is 160 Å². The molecule has 0 atom stereocenters. The molecule has 0 aliphatic carbocycles. The average Bonchev–Trinajstić information content (AvgIpc) is 3.78. The third-order valence-corrected chi connectivity index (χ3v) is 9.20. The Morgan fingerprint density at radius 3 is 1.64 bits per heavy atom. The molecule has 0 saturated carbocycles. The van der Waals surface area contributed by atoms with Gasteiger partial charge in [-0.1, -0.05) is 97.1 Å². The van der Waals surface area contributed by atoms with Crippen LogP contribution < -0.4 is 0 Å². The van der Waals surface area contributed by atoms with Crippen LogP contribution in [-0.2, 0) is 0 Å². The van der Waals surface area contributed by atoms with Crippen molar-refractivity contribution in [1.29, 1.82) is 0 Å². The SMILES string of the molecule is c1ccc(-c2ccc3c(c2)c2cc(-c4ccccc4)ccc2n3-c2cccc3oc4ccc5c6ccccc6oc5c4c23)cc1. The number of hydrogen-bond acceptors (Lipinski definition) is 2. The Morgan fingerprint density at radius 1 is 0.356 bits per heavy atom. The van der Waals surface area contributed by atoms with E-state index >= 15 is 0 Å². The lowest BCUT2D eigenvalue weighted by molar-refractivity contribution is 0.663. The molecule has 0 radical (unpaired) electrons. The lowest BCUT2D eigenvalue weighted by Gasteiger charge is -2.10. The molecule has 45 heavy (non-hydrogen) atoms. The number of hydrogen-bond donors (Lipinski definition) is 0. The van der Waals surface area contributed by atoms with Crippen LogP contribution in [0.25, 0.3) is 93.6 Å². The largest absolute Gasteiger partial charge is 0.456 e. The van der Waals surface area contributed by atoms with E-state index in [-0.39, 0.29) is 0 Å². The minimum Gasteiger partial charge on any atom is -0.456 e. The average molecular weight is 576 g/mol. The van der Waals surface area contributed by atoms with Crippen LogP contribution in [0, 0.1) is 0 Å². The summed E-state index contributed by atoms with van der Waals surface area (Å²) >= 11 is 0. The summed E-state index contributed by atoms with van der Waals surface area (Å²) in [6.45, 7) is 0. The molecule has 7 aromatic carbocycles. The zero-order valence-corrected chi connectivity index (χ0v) is 24.2. The van der Waals surface area contributed by atoms with Gasteiger partial charge in [0, 0.05) is 21.5 Å². The number of fused-ring (bicyclic) bond motifs is 10. The zero-order chi connectivity index (χ0) is 29.5. The number of furan rings is 2. The predicted octanol–water partition coefficient (Wildman–Crippen LogP) is 11.9. The van der Waals surface area contributed by atoms with Crippen molar-refractivity contribution in [2.45, 2.75) is 0 Å². The normalized spacial score (nSPS) is 12.0. The third kappa shape index (κ3) is 3.52. The maximum atomic E-state index is 6.54. The molecule has 0 aliphatic rings. The van der Waals surface area contributed by atoms with E-state index in [0.29, 0.717) is 0 Å². The van der Waals surface area contributed by atoms with Crippen LogP contribution >= 0.6 is 0 Å². The summed E-state index contributed by atoms with van der Waals surface area (Å²) in [5.74, 6) is 0. The standard InChI is InChI=1S/C42H25NO2/c1-3-10-26(11-4-1)28-18-21-34-32(24-28)33-25-29(27-12-5-2-6-13-27)19-22-35(33)43(34)36-15-9-17-38-40(36)41-39(44-38)23-20-31-30-14-7-8-16-37(30)45-42(31)41/h1-25H. The summed E-state index contributed by atoms with van der Waals surface area (Å²) in [5.41, 5.74) is 11.6. The molecule has 0 unspecified atom stereocenters. The van der Waals surface area contributed by atoms with Gasteiger partial charge in [-0.15, -0.1) is 0 Å². The summed E-state index contributed by atoms with van der Waals surface area (Å²) in [5, 5.41) is 6.68. The molecule has 0 spiro atoms. The van der Waals surface area contributed by atoms with Gasteiger partial charge < -0.3 is 13.4 Å². The molecule has 0 aliphatic heterocycles. The lowest BCUT2D eigenvalue weighted by atomic mass is 10.0. The van der Waals surface area contributed by atoms with E-state index in [9.17, 15) is 0 Å². The molecule has 0 amide bonds. The number of nitrogens with zero attached hydrogens (tertiary/aromatic N) is 1. The first-order valence-electron chi connectivity index (χ1n) is 15.3. The summed E-state index contributed by atoms with van der Waals surface area (Å²) in [7, 11) is 0. The van der Waals surface area contributed by atoms with Gasteiger partial charge in [0.15, 0.2) is 0 Å². The summed E-state index contributed by atoms with van der Waals surface area (Å²) < 4.78 is 15.4. The quantitative estimate of drug-likeness (QED) is 0.210. The van der Waals surface area contributed by atoms with E-state index in [1.54, 1.807) is 0 Å². The molecular formula is C42H25NO2. The van der Waals surface area contributed by atoms with Crippen LogP contribution in [0.4, 0.5) is 0 Å². The fraction of sp³-hybridized carbons (Fsp3) is 0. The number of para-hydroxylation sites is 1. The van der Waals surface area contributed by atoms with Gasteiger partial charge in [-0.3, -0.25) is 0 Å². The second kappa shape index (κ2) is 9.22. The first kappa shape index (κ1) is 24.4. The van der Waals surface area contributed by atoms with Gasteiger partial charge in [-0.25, -0.2) is 0 Å². The molecule has 3 nitrogen and oxygen atoms in total. The van der Waals surface area contributed by atoms with Gasteiger partial charge in [0.05, 0.1) is 27.5 Å². The van der Waals surface area contributed by atoms with Gasteiger partial charge in [0.1, 0.15) is 22.3 Å². The minimum atomic E-state index is 0.822. The number of rotatable bonds is 3. The zero-order valence-electron chi connectivity index (χ0n) is 24.2. The third-order valence-electron chi connectivity index (χ3n) is 9.20. The smallest absolute Gasteiger partial charge is 0.147 e. The molecular weight excluding hydrogens is 550 g/mol. The summed E-state index contributed by atoms with van der Waals surface area (Å²) in [6, 6.07) is 53.6. The highest BCUT2D eigenvalue weighted by Crippen LogP contribution is 2.44. The molecule has 0 bridgehead atoms. The van der Waals surface area contributed by atoms with E-state index in [2.05, 4.69) is 144 Å². The van der Waals surface area contributed by atoms with E-state index in [1.807, 2.05) is 12.1 Å². The Balaban J connectivity index is 1.33. The topological polar surface area (TPSA) is 31.2 Å². The van der Waals surface area contributed by atoms with E-state index in [0.717, 1.165) is 60.6 Å². The Kier molecular flexibility index (Phi) is 5.00. The maximum Gasteiger partial charge on any atom is 0.147 e. The van der Waals surface area contributed by atoms with Crippen molar-refractivity contribution in [3.8, 4) is 27.9 Å². The Hall–Kier alpha value is -6.06. The Bertz CT molecular complexity index is 2650. The van der Waals surface area contributed by atoms with Crippen molar-refractivity contribution in [3.63, 3.8) is 0 Å². The highest BCUT2D eigenvalue weighted by Gasteiger charge is 2.22. The molecule has 0 saturated heterocycles. The van der Waals surface area contributed by atoms with Crippen LogP contribution in [0.2, 0.25) is 0 Å². The van der Waals surface area contributed by atoms with E-state index in [1.165, 1.54) is 33.0 Å². The van der Waals surface area contributed by atoms with Crippen molar-refractivity contribution in [1.82, 2.24) is 4.57 Å². The van der Waals surface area contributed by atoms with Crippen molar-refractivity contribution in [2.75, 3.05) is 0 Å². The molecule has 210 valence electrons. The highest BCUT2D eigenvalue weighted by molar-refractivity contribution is 6.24. The van der Waals surface area contributed by atoms with Gasteiger partial charge in [0.25, 0.3) is 0 Å². The van der Waals surface area contributed by atoms with Gasteiger partial charge in [0.2, 0.25) is 0 Å². The summed E-state index contributed by atoms with van der Waals surface area (Å²) in [6.07, 6.45) is 0.